The molecule has 14 nitrogen and oxygen atoms in total. The first kappa shape index (κ1) is 25.7. The number of hydrogen-bond acceptors (Lipinski definition) is 8. The van der Waals surface area contributed by atoms with E-state index < -0.39 is 85.6 Å². The van der Waals surface area contributed by atoms with E-state index in [-0.39, 0.29) is 0 Å². The first-order chi connectivity index (χ1) is 13.3. The van der Waals surface area contributed by atoms with E-state index in [0.717, 1.165) is 6.92 Å². The van der Waals surface area contributed by atoms with Crippen LogP contribution in [0, 0.1) is 0 Å². The van der Waals surface area contributed by atoms with E-state index in [1.807, 2.05) is 5.32 Å². The molecule has 10 N–H and O–H groups in total. The Morgan fingerprint density at radius 1 is 1.00 bits per heavy atom. The van der Waals surface area contributed by atoms with Gasteiger partial charge < -0.3 is 42.7 Å². The summed E-state index contributed by atoms with van der Waals surface area (Å²) in [5, 5.41) is 33.6. The van der Waals surface area contributed by atoms with Crippen LogP contribution in [0.15, 0.2) is 0 Å². The summed E-state index contributed by atoms with van der Waals surface area (Å²) in [6, 6.07) is -4.41. The fraction of sp³-hybridized carbons (Fsp3) is 0.600. The van der Waals surface area contributed by atoms with Gasteiger partial charge >= 0.3 is 11.9 Å². The molecular weight excluding hydrogens is 394 g/mol. The van der Waals surface area contributed by atoms with Gasteiger partial charge in [0.15, 0.2) is 0 Å². The average Bonchev–Trinajstić information content (AvgIpc) is 2.59. The number of primary amides is 1. The van der Waals surface area contributed by atoms with Crippen molar-refractivity contribution in [3.8, 4) is 0 Å². The van der Waals surface area contributed by atoms with Crippen molar-refractivity contribution < 1.29 is 44.1 Å². The highest BCUT2D eigenvalue weighted by Crippen LogP contribution is 2.01. The highest BCUT2D eigenvalue weighted by Gasteiger charge is 2.30. The van der Waals surface area contributed by atoms with E-state index in [1.165, 1.54) is 0 Å². The Hall–Kier alpha value is -3.26. The molecule has 0 saturated carbocycles. The van der Waals surface area contributed by atoms with Gasteiger partial charge in [-0.2, -0.15) is 0 Å². The van der Waals surface area contributed by atoms with Crippen LogP contribution in [-0.4, -0.2) is 81.7 Å². The van der Waals surface area contributed by atoms with Crippen LogP contribution in [0.2, 0.25) is 0 Å². The van der Waals surface area contributed by atoms with Gasteiger partial charge in [-0.1, -0.05) is 0 Å². The lowest BCUT2D eigenvalue weighted by molar-refractivity contribution is -0.144. The quantitative estimate of drug-likeness (QED) is 0.142. The van der Waals surface area contributed by atoms with Gasteiger partial charge in [0.1, 0.15) is 12.1 Å². The normalized spacial score (nSPS) is 14.6. The van der Waals surface area contributed by atoms with Crippen LogP contribution in [0.1, 0.15) is 26.2 Å². The summed E-state index contributed by atoms with van der Waals surface area (Å²) in [5.41, 5.74) is 10.3. The van der Waals surface area contributed by atoms with Crippen molar-refractivity contribution in [1.29, 1.82) is 0 Å². The van der Waals surface area contributed by atoms with Crippen LogP contribution in [0.3, 0.4) is 0 Å². The lowest BCUT2D eigenvalue weighted by Crippen LogP contribution is -2.57. The monoisotopic (exact) mass is 419 g/mol. The largest absolute Gasteiger partial charge is 0.481 e. The zero-order valence-corrected chi connectivity index (χ0v) is 15.6. The lowest BCUT2D eigenvalue weighted by Gasteiger charge is -2.23. The maximum Gasteiger partial charge on any atom is 0.326 e. The van der Waals surface area contributed by atoms with Gasteiger partial charge in [0.2, 0.25) is 23.6 Å². The van der Waals surface area contributed by atoms with Gasteiger partial charge in [-0.3, -0.25) is 24.0 Å². The minimum Gasteiger partial charge on any atom is -0.481 e. The van der Waals surface area contributed by atoms with E-state index in [0.29, 0.717) is 0 Å². The maximum atomic E-state index is 12.2. The number of carboxylic acid groups (broad SMARTS) is 2. The van der Waals surface area contributed by atoms with E-state index in [1.54, 1.807) is 0 Å². The number of nitrogens with one attached hydrogen (secondary N) is 3. The van der Waals surface area contributed by atoms with Gasteiger partial charge in [0, 0.05) is 6.42 Å². The smallest absolute Gasteiger partial charge is 0.326 e. The molecule has 0 aliphatic heterocycles. The van der Waals surface area contributed by atoms with Crippen molar-refractivity contribution >= 4 is 35.6 Å². The third-order valence-corrected chi connectivity index (χ3v) is 3.52. The number of carbonyl (C=O) groups excluding carboxylic acids is 4. The Labute approximate surface area is 165 Å². The van der Waals surface area contributed by atoms with E-state index in [9.17, 15) is 33.9 Å². The van der Waals surface area contributed by atoms with Crippen molar-refractivity contribution in [2.45, 2.75) is 50.4 Å². The Bertz CT molecular complexity index is 652. The molecule has 164 valence electrons. The highest BCUT2D eigenvalue weighted by molar-refractivity contribution is 5.93. The van der Waals surface area contributed by atoms with Crippen LogP contribution < -0.4 is 27.4 Å². The van der Waals surface area contributed by atoms with Gasteiger partial charge in [-0.15, -0.1) is 0 Å². The Balaban J connectivity index is 4.83. The molecule has 0 aromatic heterocycles. The van der Waals surface area contributed by atoms with Crippen LogP contribution >= 0.6 is 0 Å². The first-order valence-electron chi connectivity index (χ1n) is 8.39. The molecule has 14 heteroatoms. The number of nitrogens with two attached hydrogens (primary N) is 2. The summed E-state index contributed by atoms with van der Waals surface area (Å²) in [5.74, 6) is -6.41. The second-order valence-corrected chi connectivity index (χ2v) is 6.11. The molecule has 0 aromatic rings. The molecule has 4 unspecified atom stereocenters. The van der Waals surface area contributed by atoms with Crippen molar-refractivity contribution in [2.75, 3.05) is 6.54 Å². The molecule has 0 spiro atoms. The Kier molecular flexibility index (Phi) is 10.9. The highest BCUT2D eigenvalue weighted by atomic mass is 16.4. The topological polar surface area (TPSA) is 251 Å². The van der Waals surface area contributed by atoms with Crippen molar-refractivity contribution in [1.82, 2.24) is 16.0 Å². The Morgan fingerprint density at radius 3 is 2.03 bits per heavy atom. The third-order valence-electron chi connectivity index (χ3n) is 3.52. The van der Waals surface area contributed by atoms with Crippen molar-refractivity contribution in [2.24, 2.45) is 11.5 Å². The maximum absolute atomic E-state index is 12.2. The molecular formula is C15H25N5O9. The first-order valence-corrected chi connectivity index (χ1v) is 8.39. The van der Waals surface area contributed by atoms with Crippen molar-refractivity contribution in [3.05, 3.63) is 0 Å². The molecule has 4 amide bonds. The minimum absolute atomic E-state index is 0.412. The van der Waals surface area contributed by atoms with Crippen LogP contribution in [0.25, 0.3) is 0 Å². The van der Waals surface area contributed by atoms with Gasteiger partial charge in [-0.05, 0) is 13.3 Å². The zero-order chi connectivity index (χ0) is 22.7. The fourth-order valence-corrected chi connectivity index (χ4v) is 2.02. The molecule has 0 fully saturated rings. The predicted octanol–water partition coefficient (Wildman–Crippen LogP) is -4.39. The van der Waals surface area contributed by atoms with E-state index in [2.05, 4.69) is 10.6 Å². The Morgan fingerprint density at radius 2 is 1.59 bits per heavy atom. The van der Waals surface area contributed by atoms with Gasteiger partial charge in [-0.25, -0.2) is 4.79 Å². The molecule has 0 aromatic carbocycles. The summed E-state index contributed by atoms with van der Waals surface area (Å²) in [7, 11) is 0. The second-order valence-electron chi connectivity index (χ2n) is 6.11. The molecule has 4 atom stereocenters. The number of hydrogen-bond donors (Lipinski definition) is 8. The zero-order valence-electron chi connectivity index (χ0n) is 15.6. The second kappa shape index (κ2) is 12.2. The van der Waals surface area contributed by atoms with E-state index in [4.69, 9.17) is 21.7 Å². The summed E-state index contributed by atoms with van der Waals surface area (Å²) < 4.78 is 0. The third kappa shape index (κ3) is 10.6. The number of amides is 4. The number of aliphatic hydroxyl groups is 1. The number of rotatable bonds is 13. The van der Waals surface area contributed by atoms with Gasteiger partial charge in [0.25, 0.3) is 0 Å². The van der Waals surface area contributed by atoms with Crippen LogP contribution in [0.5, 0.6) is 0 Å². The number of carbonyl (C=O) groups is 6. The number of aliphatic carboxylic acids is 2. The van der Waals surface area contributed by atoms with E-state index >= 15 is 0 Å². The fourth-order valence-electron chi connectivity index (χ4n) is 2.02. The number of aliphatic hydroxyl groups excluding tert-OH is 1. The minimum atomic E-state index is -1.58. The molecule has 0 aliphatic carbocycles. The van der Waals surface area contributed by atoms with Gasteiger partial charge in [0.05, 0.1) is 25.1 Å². The summed E-state index contributed by atoms with van der Waals surface area (Å²) in [6.45, 7) is 0.502. The lowest BCUT2D eigenvalue weighted by atomic mass is 10.1. The summed E-state index contributed by atoms with van der Waals surface area (Å²) >= 11 is 0. The molecule has 0 radical (unpaired) electrons. The molecule has 0 bridgehead atoms. The number of carboxylic acids is 2. The molecule has 0 heterocycles. The SMILES string of the molecule is CC(O)C(NC(=O)CNC(=O)C(N)CC(N)=O)C(=O)NC(CCC(=O)O)C(=O)O. The molecule has 0 saturated heterocycles. The predicted molar refractivity (Wildman–Crippen MR) is 94.8 cm³/mol. The molecule has 29 heavy (non-hydrogen) atoms. The van der Waals surface area contributed by atoms with Crippen molar-refractivity contribution in [3.63, 3.8) is 0 Å². The molecule has 0 aliphatic rings. The summed E-state index contributed by atoms with van der Waals surface area (Å²) in [4.78, 5) is 68.1. The average molecular weight is 419 g/mol. The summed E-state index contributed by atoms with van der Waals surface area (Å²) in [6.07, 6.45) is -2.83. The van der Waals surface area contributed by atoms with Crippen LogP contribution in [0.4, 0.5) is 0 Å². The molecule has 0 rings (SSSR count). The van der Waals surface area contributed by atoms with Crippen LogP contribution in [-0.2, 0) is 28.8 Å². The standard InChI is InChI=1S/C15H25N5O9/c1-6(21)12(14(27)19-8(15(28)29)2-3-11(24)25)20-10(23)5-18-13(26)7(16)4-9(17)22/h6-8,12,21H,2-5,16H2,1H3,(H2,17,22)(H,18,26)(H,19,27)(H,20,23)(H,24,25)(H,28,29).